The van der Waals surface area contributed by atoms with Gasteiger partial charge in [0.15, 0.2) is 0 Å². The number of carbonyl (C=O) groups is 2. The summed E-state index contributed by atoms with van der Waals surface area (Å²) in [6.45, 7) is 8.59. The highest BCUT2D eigenvalue weighted by atomic mass is 16.2. The Morgan fingerprint density at radius 1 is 1.15 bits per heavy atom. The number of rotatable bonds is 5. The Kier molecular flexibility index (Phi) is 6.66. The molecule has 0 spiro atoms. The summed E-state index contributed by atoms with van der Waals surface area (Å²) in [5, 5.41) is 2.68. The molecule has 3 rings (SSSR count). The molecule has 0 atom stereocenters. The molecule has 0 radical (unpaired) electrons. The molecule has 2 aliphatic rings. The van der Waals surface area contributed by atoms with Gasteiger partial charge in [-0.1, -0.05) is 6.92 Å². The Hall–Kier alpha value is -2.15. The highest BCUT2D eigenvalue weighted by Crippen LogP contribution is 2.26. The third kappa shape index (κ3) is 4.77. The van der Waals surface area contributed by atoms with Crippen molar-refractivity contribution in [1.82, 2.24) is 20.1 Å². The molecule has 0 aromatic carbocycles. The lowest BCUT2D eigenvalue weighted by Crippen LogP contribution is -2.49. The SMILES string of the molecule is CCN1CCN(C(=O)CC2CCN(c3ncccc3C(=O)NC)CC2)CC1. The average Bonchev–Trinajstić information content (AvgIpc) is 2.73. The number of piperidine rings is 1. The van der Waals surface area contributed by atoms with E-state index in [9.17, 15) is 9.59 Å². The van der Waals surface area contributed by atoms with Crippen molar-refractivity contribution in [3.05, 3.63) is 23.9 Å². The van der Waals surface area contributed by atoms with Gasteiger partial charge in [-0.3, -0.25) is 9.59 Å². The highest BCUT2D eigenvalue weighted by Gasteiger charge is 2.27. The topological polar surface area (TPSA) is 68.8 Å². The number of hydrogen-bond acceptors (Lipinski definition) is 5. The third-order valence-corrected chi connectivity index (χ3v) is 5.81. The molecule has 0 saturated carbocycles. The maximum absolute atomic E-state index is 12.6. The quantitative estimate of drug-likeness (QED) is 0.840. The number of nitrogens with zero attached hydrogens (tertiary/aromatic N) is 4. The molecular formula is C20H31N5O2. The van der Waals surface area contributed by atoms with Gasteiger partial charge in [-0.05, 0) is 37.4 Å². The third-order valence-electron chi connectivity index (χ3n) is 5.81. The largest absolute Gasteiger partial charge is 0.356 e. The molecule has 0 aliphatic carbocycles. The van der Waals surface area contributed by atoms with E-state index in [0.717, 1.165) is 64.5 Å². The van der Waals surface area contributed by atoms with E-state index in [1.54, 1.807) is 19.3 Å². The zero-order chi connectivity index (χ0) is 19.2. The maximum atomic E-state index is 12.6. The van der Waals surface area contributed by atoms with Crippen LogP contribution in [0.2, 0.25) is 0 Å². The minimum atomic E-state index is -0.110. The molecule has 7 heteroatoms. The Morgan fingerprint density at radius 2 is 1.85 bits per heavy atom. The van der Waals surface area contributed by atoms with Crippen molar-refractivity contribution in [2.45, 2.75) is 26.2 Å². The van der Waals surface area contributed by atoms with E-state index in [1.807, 2.05) is 11.0 Å². The molecule has 1 aromatic rings. The smallest absolute Gasteiger partial charge is 0.254 e. The van der Waals surface area contributed by atoms with Gasteiger partial charge in [-0.2, -0.15) is 0 Å². The second-order valence-corrected chi connectivity index (χ2v) is 7.40. The molecule has 2 amide bonds. The summed E-state index contributed by atoms with van der Waals surface area (Å²) in [7, 11) is 1.64. The Balaban J connectivity index is 1.51. The van der Waals surface area contributed by atoms with Gasteiger partial charge in [0, 0.05) is 58.9 Å². The van der Waals surface area contributed by atoms with Gasteiger partial charge in [0.2, 0.25) is 5.91 Å². The monoisotopic (exact) mass is 373 g/mol. The number of nitrogens with one attached hydrogen (secondary N) is 1. The van der Waals surface area contributed by atoms with Gasteiger partial charge >= 0.3 is 0 Å². The fourth-order valence-corrected chi connectivity index (χ4v) is 4.00. The lowest BCUT2D eigenvalue weighted by atomic mass is 9.92. The van der Waals surface area contributed by atoms with Crippen LogP contribution >= 0.6 is 0 Å². The number of hydrogen-bond donors (Lipinski definition) is 1. The second-order valence-electron chi connectivity index (χ2n) is 7.40. The van der Waals surface area contributed by atoms with E-state index in [2.05, 4.69) is 27.0 Å². The fourth-order valence-electron chi connectivity index (χ4n) is 4.00. The number of amides is 2. The van der Waals surface area contributed by atoms with Gasteiger partial charge in [0.1, 0.15) is 5.82 Å². The number of carbonyl (C=O) groups excluding carboxylic acids is 2. The maximum Gasteiger partial charge on any atom is 0.254 e. The van der Waals surface area contributed by atoms with Crippen LogP contribution in [0.15, 0.2) is 18.3 Å². The Morgan fingerprint density at radius 3 is 2.48 bits per heavy atom. The Bertz CT molecular complexity index is 650. The molecule has 7 nitrogen and oxygen atoms in total. The van der Waals surface area contributed by atoms with E-state index >= 15 is 0 Å². The Labute approximate surface area is 161 Å². The van der Waals surface area contributed by atoms with E-state index in [0.29, 0.717) is 23.8 Å². The molecule has 1 aromatic heterocycles. The zero-order valence-corrected chi connectivity index (χ0v) is 16.5. The van der Waals surface area contributed by atoms with Crippen molar-refractivity contribution in [3.63, 3.8) is 0 Å². The molecule has 0 unspecified atom stereocenters. The van der Waals surface area contributed by atoms with E-state index in [1.165, 1.54) is 0 Å². The van der Waals surface area contributed by atoms with Crippen LogP contribution in [-0.2, 0) is 4.79 Å². The molecule has 2 fully saturated rings. The first-order valence-corrected chi connectivity index (χ1v) is 10.0. The van der Waals surface area contributed by atoms with Crippen molar-refractivity contribution >= 4 is 17.6 Å². The van der Waals surface area contributed by atoms with Crippen LogP contribution in [0.4, 0.5) is 5.82 Å². The second kappa shape index (κ2) is 9.17. The molecule has 2 aliphatic heterocycles. The van der Waals surface area contributed by atoms with Crippen LogP contribution in [0, 0.1) is 5.92 Å². The van der Waals surface area contributed by atoms with Crippen LogP contribution in [0.1, 0.15) is 36.5 Å². The number of aromatic nitrogens is 1. The van der Waals surface area contributed by atoms with Crippen LogP contribution in [-0.4, -0.2) is 79.5 Å². The summed E-state index contributed by atoms with van der Waals surface area (Å²) in [6.07, 6.45) is 4.30. The molecular weight excluding hydrogens is 342 g/mol. The van der Waals surface area contributed by atoms with Gasteiger partial charge < -0.3 is 20.0 Å². The summed E-state index contributed by atoms with van der Waals surface area (Å²) in [5.41, 5.74) is 0.614. The highest BCUT2D eigenvalue weighted by molar-refractivity contribution is 5.98. The predicted molar refractivity (Wildman–Crippen MR) is 106 cm³/mol. The van der Waals surface area contributed by atoms with Crippen molar-refractivity contribution in [2.24, 2.45) is 5.92 Å². The van der Waals surface area contributed by atoms with Crippen molar-refractivity contribution in [3.8, 4) is 0 Å². The normalized spacial score (nSPS) is 19.2. The fraction of sp³-hybridized carbons (Fsp3) is 0.650. The molecule has 1 N–H and O–H groups in total. The molecule has 27 heavy (non-hydrogen) atoms. The number of pyridine rings is 1. The van der Waals surface area contributed by atoms with E-state index in [-0.39, 0.29) is 5.91 Å². The molecule has 2 saturated heterocycles. The van der Waals surface area contributed by atoms with Crippen molar-refractivity contribution in [1.29, 1.82) is 0 Å². The van der Waals surface area contributed by atoms with Crippen LogP contribution in [0.25, 0.3) is 0 Å². The molecule has 148 valence electrons. The molecule has 3 heterocycles. The predicted octanol–water partition coefficient (Wildman–Crippen LogP) is 1.21. The van der Waals surface area contributed by atoms with E-state index in [4.69, 9.17) is 0 Å². The van der Waals surface area contributed by atoms with Gasteiger partial charge in [-0.15, -0.1) is 0 Å². The zero-order valence-electron chi connectivity index (χ0n) is 16.5. The van der Waals surface area contributed by atoms with Crippen LogP contribution in [0.3, 0.4) is 0 Å². The first-order valence-electron chi connectivity index (χ1n) is 10.0. The van der Waals surface area contributed by atoms with Crippen LogP contribution < -0.4 is 10.2 Å². The number of anilines is 1. The minimum absolute atomic E-state index is 0.110. The van der Waals surface area contributed by atoms with Crippen LogP contribution in [0.5, 0.6) is 0 Å². The summed E-state index contributed by atoms with van der Waals surface area (Å²) in [5.74, 6) is 1.36. The van der Waals surface area contributed by atoms with Gasteiger partial charge in [0.25, 0.3) is 5.91 Å². The first kappa shape index (κ1) is 19.6. The minimum Gasteiger partial charge on any atom is -0.356 e. The summed E-state index contributed by atoms with van der Waals surface area (Å²) in [4.78, 5) is 35.7. The molecule has 0 bridgehead atoms. The first-order chi connectivity index (χ1) is 13.1. The summed E-state index contributed by atoms with van der Waals surface area (Å²) < 4.78 is 0. The van der Waals surface area contributed by atoms with E-state index < -0.39 is 0 Å². The van der Waals surface area contributed by atoms with Crippen molar-refractivity contribution < 1.29 is 9.59 Å². The average molecular weight is 374 g/mol. The van der Waals surface area contributed by atoms with Gasteiger partial charge in [-0.25, -0.2) is 4.98 Å². The lowest BCUT2D eigenvalue weighted by molar-refractivity contribution is -0.134. The standard InChI is InChI=1S/C20H31N5O2/c1-3-23-11-13-24(14-12-23)18(26)15-16-6-9-25(10-7-16)19-17(20(27)21-2)5-4-8-22-19/h4-5,8,16H,3,6-7,9-15H2,1-2H3,(H,21,27). The van der Waals surface area contributed by atoms with Crippen molar-refractivity contribution in [2.75, 3.05) is 57.8 Å². The summed E-state index contributed by atoms with van der Waals surface area (Å²) >= 11 is 0. The summed E-state index contributed by atoms with van der Waals surface area (Å²) in [6, 6.07) is 3.60. The van der Waals surface area contributed by atoms with Gasteiger partial charge in [0.05, 0.1) is 5.56 Å². The lowest BCUT2D eigenvalue weighted by Gasteiger charge is -2.36. The number of likely N-dealkylation sites (N-methyl/N-ethyl adjacent to an activating group) is 1. The number of piperazine rings is 1.